The molecule has 224 valence electrons. The Morgan fingerprint density at radius 3 is 2.81 bits per heavy atom. The number of rotatable bonds is 6. The summed E-state index contributed by atoms with van der Waals surface area (Å²) in [4.78, 5) is 54.7. The maximum Gasteiger partial charge on any atom is 0.330 e. The van der Waals surface area contributed by atoms with Gasteiger partial charge in [0.2, 0.25) is 17.7 Å². The molecule has 0 spiro atoms. The van der Waals surface area contributed by atoms with Crippen LogP contribution in [-0.2, 0) is 20.8 Å². The average molecular weight is 577 g/mol. The number of carbonyl (C=O) groups is 3. The van der Waals surface area contributed by atoms with Crippen molar-refractivity contribution < 1.29 is 24.2 Å². The van der Waals surface area contributed by atoms with Gasteiger partial charge >= 0.3 is 5.97 Å². The van der Waals surface area contributed by atoms with E-state index in [1.165, 1.54) is 4.90 Å². The van der Waals surface area contributed by atoms with Crippen molar-refractivity contribution in [3.05, 3.63) is 47.8 Å². The minimum Gasteiger partial charge on any atom is -0.479 e. The molecule has 2 aromatic rings. The van der Waals surface area contributed by atoms with E-state index in [1.54, 1.807) is 6.20 Å². The molecule has 1 aliphatic carbocycles. The number of nitrogens with one attached hydrogen (secondary N) is 1. The number of carbonyl (C=O) groups excluding carboxylic acids is 2. The molecule has 1 saturated carbocycles. The van der Waals surface area contributed by atoms with Crippen LogP contribution in [0, 0.1) is 12.8 Å². The van der Waals surface area contributed by atoms with Crippen LogP contribution in [0.25, 0.3) is 11.5 Å². The number of aryl methyl sites for hydroxylation is 1. The molecule has 0 unspecified atom stereocenters. The fraction of sp³-hybridized carbons (Fsp3) is 0.548. The van der Waals surface area contributed by atoms with E-state index in [0.717, 1.165) is 43.4 Å². The molecule has 3 aliphatic rings. The van der Waals surface area contributed by atoms with Crippen LogP contribution in [0.3, 0.4) is 0 Å². The molecular formula is C31H40N6O5. The predicted octanol–water partition coefficient (Wildman–Crippen LogP) is 2.95. The van der Waals surface area contributed by atoms with Gasteiger partial charge in [0.15, 0.2) is 5.82 Å². The van der Waals surface area contributed by atoms with Gasteiger partial charge in [-0.3, -0.25) is 14.6 Å². The van der Waals surface area contributed by atoms with Crippen molar-refractivity contribution in [3.63, 3.8) is 0 Å². The SMILES string of the molecule is CCCc1c(C)nc(-c2ccccn2)nc1O[C@@H]1C[C@H]2C(=O)N[C@]3(C(=O)O)C[C@H]3/C=C\CCCCC[C@H](N)C(=O)N2C1. The van der Waals surface area contributed by atoms with Crippen molar-refractivity contribution in [3.8, 4) is 17.4 Å². The van der Waals surface area contributed by atoms with Crippen molar-refractivity contribution in [2.24, 2.45) is 11.7 Å². The number of hydrogen-bond acceptors (Lipinski definition) is 8. The van der Waals surface area contributed by atoms with E-state index in [1.807, 2.05) is 37.3 Å². The van der Waals surface area contributed by atoms with Gasteiger partial charge in [-0.1, -0.05) is 44.4 Å². The Morgan fingerprint density at radius 1 is 1.24 bits per heavy atom. The zero-order valence-corrected chi connectivity index (χ0v) is 24.3. The zero-order chi connectivity index (χ0) is 29.9. The van der Waals surface area contributed by atoms with Crippen LogP contribution in [0.2, 0.25) is 0 Å². The first-order chi connectivity index (χ1) is 20.2. The van der Waals surface area contributed by atoms with Crippen molar-refractivity contribution >= 4 is 17.8 Å². The number of allylic oxidation sites excluding steroid dienone is 1. The topological polar surface area (TPSA) is 161 Å². The van der Waals surface area contributed by atoms with Crippen LogP contribution in [0.15, 0.2) is 36.5 Å². The summed E-state index contributed by atoms with van der Waals surface area (Å²) in [5.74, 6) is -1.34. The van der Waals surface area contributed by atoms with Gasteiger partial charge in [-0.15, -0.1) is 0 Å². The summed E-state index contributed by atoms with van der Waals surface area (Å²) in [6.45, 7) is 4.11. The van der Waals surface area contributed by atoms with E-state index in [4.69, 9.17) is 15.5 Å². The van der Waals surface area contributed by atoms with E-state index in [0.29, 0.717) is 36.7 Å². The Labute approximate surface area is 246 Å². The minimum atomic E-state index is -1.36. The lowest BCUT2D eigenvalue weighted by atomic mass is 10.1. The molecular weight excluding hydrogens is 536 g/mol. The van der Waals surface area contributed by atoms with E-state index in [9.17, 15) is 19.5 Å². The molecule has 2 amide bonds. The minimum absolute atomic E-state index is 0.140. The van der Waals surface area contributed by atoms with Crippen LogP contribution in [0.5, 0.6) is 5.88 Å². The van der Waals surface area contributed by atoms with Crippen molar-refractivity contribution in [2.45, 2.75) is 95.4 Å². The van der Waals surface area contributed by atoms with Gasteiger partial charge in [-0.2, -0.15) is 4.98 Å². The number of amides is 2. The molecule has 2 aromatic heterocycles. The summed E-state index contributed by atoms with van der Waals surface area (Å²) in [5, 5.41) is 12.8. The number of fused-ring (bicyclic) bond motifs is 2. The van der Waals surface area contributed by atoms with E-state index in [2.05, 4.69) is 22.2 Å². The van der Waals surface area contributed by atoms with E-state index >= 15 is 0 Å². The van der Waals surface area contributed by atoms with Crippen molar-refractivity contribution in [2.75, 3.05) is 6.54 Å². The third-order valence-electron chi connectivity index (χ3n) is 8.51. The van der Waals surface area contributed by atoms with Gasteiger partial charge in [0.05, 0.1) is 12.6 Å². The Morgan fingerprint density at radius 2 is 2.07 bits per heavy atom. The summed E-state index contributed by atoms with van der Waals surface area (Å²) in [6, 6.07) is 3.84. The predicted molar refractivity (Wildman–Crippen MR) is 155 cm³/mol. The Balaban J connectivity index is 1.44. The molecule has 4 heterocycles. The number of nitrogens with zero attached hydrogens (tertiary/aromatic N) is 4. The Hall–Kier alpha value is -3.86. The number of hydrogen-bond donors (Lipinski definition) is 3. The third kappa shape index (κ3) is 6.16. The first-order valence-electron chi connectivity index (χ1n) is 15.0. The highest BCUT2D eigenvalue weighted by atomic mass is 16.5. The lowest BCUT2D eigenvalue weighted by Gasteiger charge is -2.27. The van der Waals surface area contributed by atoms with Gasteiger partial charge in [0, 0.05) is 29.8 Å². The van der Waals surface area contributed by atoms with Gasteiger partial charge in [0.1, 0.15) is 23.4 Å². The number of carboxylic acid groups (broad SMARTS) is 1. The van der Waals surface area contributed by atoms with Crippen molar-refractivity contribution in [1.82, 2.24) is 25.2 Å². The molecule has 2 aliphatic heterocycles. The smallest absolute Gasteiger partial charge is 0.330 e. The standard InChI is InChI=1S/C31H40N6O5/c1-3-11-22-19(2)34-26(24-14-9-10-15-33-24)35-28(22)42-21-16-25-27(38)36-31(30(40)41)17-20(31)12-7-5-4-6-8-13-23(32)29(39)37(25)18-21/h7,9-10,12,14-15,20-21,23,25H,3-6,8,11,13,16-18,32H2,1-2H3,(H,36,38)(H,40,41)/b12-7-/t20-,21-,23+,25+,31-/m1/s1. The zero-order valence-electron chi connectivity index (χ0n) is 24.3. The molecule has 42 heavy (non-hydrogen) atoms. The van der Waals surface area contributed by atoms with E-state index in [-0.39, 0.29) is 24.8 Å². The molecule has 11 heteroatoms. The number of nitrogens with two attached hydrogens (primary N) is 1. The molecule has 5 rings (SSSR count). The molecule has 1 saturated heterocycles. The molecule has 11 nitrogen and oxygen atoms in total. The molecule has 0 aromatic carbocycles. The highest BCUT2D eigenvalue weighted by Crippen LogP contribution is 2.45. The summed E-state index contributed by atoms with van der Waals surface area (Å²) in [7, 11) is 0. The summed E-state index contributed by atoms with van der Waals surface area (Å²) in [6.07, 6.45) is 11.1. The summed E-state index contributed by atoms with van der Waals surface area (Å²) >= 11 is 0. The maximum atomic E-state index is 13.7. The summed E-state index contributed by atoms with van der Waals surface area (Å²) < 4.78 is 6.46. The van der Waals surface area contributed by atoms with Gasteiger partial charge < -0.3 is 25.8 Å². The van der Waals surface area contributed by atoms with Gasteiger partial charge in [0.25, 0.3) is 0 Å². The van der Waals surface area contributed by atoms with Crippen LogP contribution in [0.4, 0.5) is 0 Å². The number of aliphatic carboxylic acids is 1. The van der Waals surface area contributed by atoms with E-state index < -0.39 is 35.6 Å². The molecule has 4 N–H and O–H groups in total. The monoisotopic (exact) mass is 576 g/mol. The maximum absolute atomic E-state index is 13.7. The quantitative estimate of drug-likeness (QED) is 0.439. The van der Waals surface area contributed by atoms with Crippen molar-refractivity contribution in [1.29, 1.82) is 0 Å². The van der Waals surface area contributed by atoms with Crippen LogP contribution >= 0.6 is 0 Å². The fourth-order valence-electron chi connectivity index (χ4n) is 6.01. The van der Waals surface area contributed by atoms with Gasteiger partial charge in [-0.05, 0) is 51.2 Å². The number of aromatic nitrogens is 3. The second-order valence-corrected chi connectivity index (χ2v) is 11.6. The third-order valence-corrected chi connectivity index (χ3v) is 8.51. The van der Waals surface area contributed by atoms with Crippen LogP contribution in [0.1, 0.15) is 69.5 Å². The Kier molecular flexibility index (Phi) is 8.86. The normalized spacial score (nSPS) is 29.0. The average Bonchev–Trinajstić information content (AvgIpc) is 3.51. The molecule has 0 radical (unpaired) electrons. The second-order valence-electron chi connectivity index (χ2n) is 11.6. The number of ether oxygens (including phenoxy) is 1. The number of pyridine rings is 1. The lowest BCUT2D eigenvalue weighted by molar-refractivity contribution is -0.145. The molecule has 0 bridgehead atoms. The first-order valence-corrected chi connectivity index (χ1v) is 15.0. The molecule has 2 fully saturated rings. The largest absolute Gasteiger partial charge is 0.479 e. The van der Waals surface area contributed by atoms with Crippen LogP contribution in [-0.4, -0.2) is 73.0 Å². The fourth-order valence-corrected chi connectivity index (χ4v) is 6.01. The highest BCUT2D eigenvalue weighted by molar-refractivity contribution is 5.95. The first kappa shape index (κ1) is 29.6. The molecule has 5 atom stereocenters. The van der Waals surface area contributed by atoms with Gasteiger partial charge in [-0.25, -0.2) is 9.78 Å². The number of carboxylic acids is 1. The Bertz CT molecular complexity index is 1350. The highest BCUT2D eigenvalue weighted by Gasteiger charge is 2.61. The second kappa shape index (κ2) is 12.6. The summed E-state index contributed by atoms with van der Waals surface area (Å²) in [5.41, 5.74) is 7.23. The van der Waals surface area contributed by atoms with Crippen LogP contribution < -0.4 is 15.8 Å². The lowest BCUT2D eigenvalue weighted by Crippen LogP contribution is -2.55.